The fraction of sp³-hybridized carbons (Fsp3) is 0.333. The van der Waals surface area contributed by atoms with Gasteiger partial charge in [0, 0.05) is 6.26 Å². The van der Waals surface area contributed by atoms with E-state index in [2.05, 4.69) is 0 Å². The lowest BCUT2D eigenvalue weighted by atomic mass is 10.4. The Hall–Kier alpha value is -0.920. The molecule has 0 amide bonds. The van der Waals surface area contributed by atoms with Gasteiger partial charge in [-0.05, 0) is 24.3 Å². The quantitative estimate of drug-likeness (QED) is 0.817. The van der Waals surface area contributed by atoms with Crippen LogP contribution in [0.1, 0.15) is 0 Å². The molecule has 1 rings (SSSR count). The molecule has 0 aliphatic heterocycles. The maximum absolute atomic E-state index is 11.5. The van der Waals surface area contributed by atoms with E-state index >= 15 is 0 Å². The zero-order valence-corrected chi connectivity index (χ0v) is 10.3. The van der Waals surface area contributed by atoms with E-state index in [1.807, 2.05) is 0 Å². The van der Waals surface area contributed by atoms with Crippen molar-refractivity contribution in [3.05, 3.63) is 24.3 Å². The molecular weight excluding hydrogens is 252 g/mol. The highest BCUT2D eigenvalue weighted by Gasteiger charge is 2.14. The summed E-state index contributed by atoms with van der Waals surface area (Å²) in [5.74, 6) is -0.370. The van der Waals surface area contributed by atoms with Crippen LogP contribution >= 0.6 is 0 Å². The van der Waals surface area contributed by atoms with Crippen LogP contribution in [0.5, 0.6) is 0 Å². The zero-order chi connectivity index (χ0) is 12.4. The molecule has 0 radical (unpaired) electrons. The summed E-state index contributed by atoms with van der Waals surface area (Å²) in [7, 11) is -6.84. The second-order valence-electron chi connectivity index (χ2n) is 3.29. The predicted octanol–water partition coefficient (Wildman–Crippen LogP) is -0.144. The highest BCUT2D eigenvalue weighted by atomic mass is 32.2. The third-order valence-corrected chi connectivity index (χ3v) is 4.81. The average molecular weight is 264 g/mol. The Kier molecular flexibility index (Phi) is 3.72. The second kappa shape index (κ2) is 4.52. The maximum Gasteiger partial charge on any atom is 0.180 e. The molecule has 0 spiro atoms. The zero-order valence-electron chi connectivity index (χ0n) is 8.62. The monoisotopic (exact) mass is 264 g/mol. The molecule has 0 bridgehead atoms. The Morgan fingerprint density at radius 2 is 1.44 bits per heavy atom. The number of hydrogen-bond donors (Lipinski definition) is 1. The molecule has 0 atom stereocenters. The molecule has 0 aliphatic rings. The summed E-state index contributed by atoms with van der Waals surface area (Å²) in [4.78, 5) is 0.0735. The molecule has 0 fully saturated rings. The van der Waals surface area contributed by atoms with Crippen LogP contribution in [0.15, 0.2) is 34.1 Å². The fourth-order valence-electron chi connectivity index (χ4n) is 1.13. The number of benzene rings is 1. The summed E-state index contributed by atoms with van der Waals surface area (Å²) in [6.45, 7) is -0.462. The molecule has 90 valence electrons. The Bertz CT molecular complexity index is 554. The van der Waals surface area contributed by atoms with Gasteiger partial charge >= 0.3 is 0 Å². The summed E-state index contributed by atoms with van der Waals surface area (Å²) in [6.07, 6.45) is 1.05. The van der Waals surface area contributed by atoms with Crippen molar-refractivity contribution in [1.29, 1.82) is 0 Å². The molecule has 0 unspecified atom stereocenters. The normalized spacial score (nSPS) is 12.6. The molecule has 1 aromatic carbocycles. The predicted molar refractivity (Wildman–Crippen MR) is 58.7 cm³/mol. The van der Waals surface area contributed by atoms with E-state index in [9.17, 15) is 16.8 Å². The van der Waals surface area contributed by atoms with Crippen molar-refractivity contribution in [2.75, 3.05) is 18.6 Å². The van der Waals surface area contributed by atoms with Gasteiger partial charge in [-0.1, -0.05) is 0 Å². The van der Waals surface area contributed by atoms with Gasteiger partial charge in [0.05, 0.1) is 22.2 Å². The molecule has 0 saturated carbocycles. The first-order chi connectivity index (χ1) is 7.27. The molecular formula is C9H12O5S2. The van der Waals surface area contributed by atoms with Crippen LogP contribution in [-0.2, 0) is 19.7 Å². The minimum Gasteiger partial charge on any atom is -0.395 e. The molecule has 0 heterocycles. The van der Waals surface area contributed by atoms with E-state index < -0.39 is 26.3 Å². The summed E-state index contributed by atoms with van der Waals surface area (Å²) in [6, 6.07) is 4.92. The summed E-state index contributed by atoms with van der Waals surface area (Å²) >= 11 is 0. The summed E-state index contributed by atoms with van der Waals surface area (Å²) < 4.78 is 45.2. The van der Waals surface area contributed by atoms with Gasteiger partial charge in [-0.25, -0.2) is 16.8 Å². The Morgan fingerprint density at radius 1 is 1.00 bits per heavy atom. The topological polar surface area (TPSA) is 88.5 Å². The molecule has 7 heteroatoms. The number of aliphatic hydroxyl groups excluding tert-OH is 1. The highest BCUT2D eigenvalue weighted by Crippen LogP contribution is 2.15. The second-order valence-corrected chi connectivity index (χ2v) is 7.41. The van der Waals surface area contributed by atoms with E-state index in [-0.39, 0.29) is 15.5 Å². The first-order valence-electron chi connectivity index (χ1n) is 4.41. The van der Waals surface area contributed by atoms with Gasteiger partial charge in [-0.3, -0.25) is 0 Å². The van der Waals surface area contributed by atoms with Crippen molar-refractivity contribution in [3.63, 3.8) is 0 Å². The van der Waals surface area contributed by atoms with E-state index in [1.165, 1.54) is 24.3 Å². The van der Waals surface area contributed by atoms with Crippen LogP contribution < -0.4 is 0 Å². The molecule has 0 aliphatic carbocycles. The lowest BCUT2D eigenvalue weighted by Gasteiger charge is -2.03. The fourth-order valence-corrected chi connectivity index (χ4v) is 2.79. The number of hydrogen-bond acceptors (Lipinski definition) is 5. The minimum atomic E-state index is -3.52. The summed E-state index contributed by atoms with van der Waals surface area (Å²) in [5, 5.41) is 8.57. The summed E-state index contributed by atoms with van der Waals surface area (Å²) in [5.41, 5.74) is 0. The van der Waals surface area contributed by atoms with E-state index in [0.29, 0.717) is 0 Å². The minimum absolute atomic E-state index is 0.00829. The van der Waals surface area contributed by atoms with Crippen LogP contribution in [0.25, 0.3) is 0 Å². The number of aliphatic hydroxyl groups is 1. The SMILES string of the molecule is CS(=O)(=O)c1ccc(S(=O)(=O)CCO)cc1. The van der Waals surface area contributed by atoms with Crippen molar-refractivity contribution in [2.24, 2.45) is 0 Å². The van der Waals surface area contributed by atoms with Crippen LogP contribution in [0, 0.1) is 0 Å². The maximum atomic E-state index is 11.5. The molecule has 0 saturated heterocycles. The third-order valence-electron chi connectivity index (χ3n) is 1.97. The first kappa shape index (κ1) is 13.1. The number of rotatable bonds is 4. The Labute approximate surface area is 94.6 Å². The van der Waals surface area contributed by atoms with Crippen molar-refractivity contribution < 1.29 is 21.9 Å². The van der Waals surface area contributed by atoms with Gasteiger partial charge < -0.3 is 5.11 Å². The van der Waals surface area contributed by atoms with Crippen molar-refractivity contribution >= 4 is 19.7 Å². The van der Waals surface area contributed by atoms with E-state index in [0.717, 1.165) is 6.26 Å². The third kappa shape index (κ3) is 3.03. The molecule has 1 aromatic rings. The molecule has 16 heavy (non-hydrogen) atoms. The highest BCUT2D eigenvalue weighted by molar-refractivity contribution is 7.91. The first-order valence-corrected chi connectivity index (χ1v) is 7.95. The van der Waals surface area contributed by atoms with Gasteiger partial charge in [0.2, 0.25) is 0 Å². The largest absolute Gasteiger partial charge is 0.395 e. The van der Waals surface area contributed by atoms with Crippen molar-refractivity contribution in [1.82, 2.24) is 0 Å². The van der Waals surface area contributed by atoms with E-state index in [4.69, 9.17) is 5.11 Å². The number of sulfone groups is 2. The van der Waals surface area contributed by atoms with Crippen molar-refractivity contribution in [2.45, 2.75) is 9.79 Å². The van der Waals surface area contributed by atoms with Gasteiger partial charge in [-0.15, -0.1) is 0 Å². The lowest BCUT2D eigenvalue weighted by molar-refractivity contribution is 0.319. The molecule has 1 N–H and O–H groups in total. The van der Waals surface area contributed by atoms with Crippen LogP contribution in [-0.4, -0.2) is 40.6 Å². The van der Waals surface area contributed by atoms with E-state index in [1.54, 1.807) is 0 Å². The standard InChI is InChI=1S/C9H12O5S2/c1-15(11,12)8-2-4-9(5-3-8)16(13,14)7-6-10/h2-5,10H,6-7H2,1H3. The molecule has 5 nitrogen and oxygen atoms in total. The average Bonchev–Trinajstić information content (AvgIpc) is 2.16. The van der Waals surface area contributed by atoms with Gasteiger partial charge in [0.1, 0.15) is 0 Å². The van der Waals surface area contributed by atoms with Crippen molar-refractivity contribution in [3.8, 4) is 0 Å². The van der Waals surface area contributed by atoms with Gasteiger partial charge in [-0.2, -0.15) is 0 Å². The lowest BCUT2D eigenvalue weighted by Crippen LogP contribution is -2.10. The van der Waals surface area contributed by atoms with Crippen LogP contribution in [0.2, 0.25) is 0 Å². The Morgan fingerprint density at radius 3 is 1.81 bits per heavy atom. The van der Waals surface area contributed by atoms with Crippen LogP contribution in [0.3, 0.4) is 0 Å². The van der Waals surface area contributed by atoms with Gasteiger partial charge in [0.25, 0.3) is 0 Å². The Balaban J connectivity index is 3.15. The van der Waals surface area contributed by atoms with Crippen LogP contribution in [0.4, 0.5) is 0 Å². The smallest absolute Gasteiger partial charge is 0.180 e. The van der Waals surface area contributed by atoms with Gasteiger partial charge in [0.15, 0.2) is 19.7 Å². The molecule has 0 aromatic heterocycles.